The molecule has 0 aromatic heterocycles. The van der Waals surface area contributed by atoms with Crippen LogP contribution in [0.3, 0.4) is 0 Å². The van der Waals surface area contributed by atoms with Crippen LogP contribution in [0.15, 0.2) is 0 Å². The Hall–Kier alpha value is -1.10. The van der Waals surface area contributed by atoms with Crippen molar-refractivity contribution in [3.63, 3.8) is 0 Å². The summed E-state index contributed by atoms with van der Waals surface area (Å²) in [6.07, 6.45) is 3.61. The second-order valence-corrected chi connectivity index (χ2v) is 4.14. The number of hydrogen-bond acceptors (Lipinski definition) is 3. The first-order valence-corrected chi connectivity index (χ1v) is 5.59. The lowest BCUT2D eigenvalue weighted by Crippen LogP contribution is -2.53. The maximum absolute atomic E-state index is 11.7. The molecule has 2 rings (SSSR count). The molecule has 84 valence electrons. The van der Waals surface area contributed by atoms with Crippen LogP contribution in [0.2, 0.25) is 0 Å². The molecular formula is C10H17N3O2. The fourth-order valence-electron chi connectivity index (χ4n) is 2.09. The van der Waals surface area contributed by atoms with Crippen molar-refractivity contribution < 1.29 is 9.59 Å². The van der Waals surface area contributed by atoms with Crippen LogP contribution in [0.25, 0.3) is 0 Å². The van der Waals surface area contributed by atoms with Gasteiger partial charge in [-0.3, -0.25) is 9.59 Å². The van der Waals surface area contributed by atoms with Gasteiger partial charge in [-0.05, 0) is 32.2 Å². The van der Waals surface area contributed by atoms with Crippen LogP contribution in [0.1, 0.15) is 25.7 Å². The molecule has 0 spiro atoms. The van der Waals surface area contributed by atoms with Gasteiger partial charge in [-0.15, -0.1) is 0 Å². The van der Waals surface area contributed by atoms with Gasteiger partial charge >= 0.3 is 0 Å². The Bertz CT molecular complexity index is 261. The molecule has 2 fully saturated rings. The van der Waals surface area contributed by atoms with E-state index in [0.29, 0.717) is 0 Å². The van der Waals surface area contributed by atoms with Crippen molar-refractivity contribution in [2.75, 3.05) is 13.1 Å². The van der Waals surface area contributed by atoms with Gasteiger partial charge < -0.3 is 16.0 Å². The molecule has 0 saturated carbocycles. The number of piperidine rings is 1. The van der Waals surface area contributed by atoms with E-state index in [-0.39, 0.29) is 23.9 Å². The first-order chi connectivity index (χ1) is 7.27. The molecule has 0 aliphatic carbocycles. The molecule has 2 amide bonds. The molecule has 2 aliphatic rings. The summed E-state index contributed by atoms with van der Waals surface area (Å²) in [6.45, 7) is 1.63. The van der Waals surface area contributed by atoms with E-state index in [9.17, 15) is 9.59 Å². The Morgan fingerprint density at radius 1 is 1.27 bits per heavy atom. The summed E-state index contributed by atoms with van der Waals surface area (Å²) in [6, 6.07) is -0.423. The average molecular weight is 211 g/mol. The van der Waals surface area contributed by atoms with Crippen molar-refractivity contribution in [1.29, 1.82) is 0 Å². The molecule has 2 atom stereocenters. The molecule has 0 aromatic carbocycles. The molecule has 0 aromatic rings. The zero-order valence-electron chi connectivity index (χ0n) is 8.71. The van der Waals surface area contributed by atoms with E-state index in [1.54, 1.807) is 0 Å². The van der Waals surface area contributed by atoms with Gasteiger partial charge in [0.2, 0.25) is 11.8 Å². The van der Waals surface area contributed by atoms with Crippen molar-refractivity contribution in [3.8, 4) is 0 Å². The van der Waals surface area contributed by atoms with E-state index in [1.165, 1.54) is 0 Å². The van der Waals surface area contributed by atoms with Crippen LogP contribution in [0.4, 0.5) is 0 Å². The normalized spacial score (nSPS) is 31.1. The second-order valence-electron chi connectivity index (χ2n) is 4.14. The Morgan fingerprint density at radius 2 is 2.07 bits per heavy atom. The minimum Gasteiger partial charge on any atom is -0.354 e. The summed E-state index contributed by atoms with van der Waals surface area (Å²) in [7, 11) is 0. The summed E-state index contributed by atoms with van der Waals surface area (Å²) in [5.74, 6) is -0.0813. The van der Waals surface area contributed by atoms with Gasteiger partial charge in [0.05, 0.1) is 6.04 Å². The highest BCUT2D eigenvalue weighted by Gasteiger charge is 2.28. The van der Waals surface area contributed by atoms with Gasteiger partial charge in [-0.25, -0.2) is 0 Å². The van der Waals surface area contributed by atoms with Crippen LogP contribution >= 0.6 is 0 Å². The van der Waals surface area contributed by atoms with Crippen LogP contribution in [-0.4, -0.2) is 37.0 Å². The summed E-state index contributed by atoms with van der Waals surface area (Å²) in [5.41, 5.74) is 0. The largest absolute Gasteiger partial charge is 0.354 e. The highest BCUT2D eigenvalue weighted by molar-refractivity contribution is 5.90. The van der Waals surface area contributed by atoms with Gasteiger partial charge in [0.15, 0.2) is 0 Å². The van der Waals surface area contributed by atoms with E-state index in [4.69, 9.17) is 0 Å². The highest BCUT2D eigenvalue weighted by atomic mass is 16.2. The number of nitrogens with one attached hydrogen (secondary N) is 3. The van der Waals surface area contributed by atoms with E-state index >= 15 is 0 Å². The highest BCUT2D eigenvalue weighted by Crippen LogP contribution is 2.07. The molecule has 3 N–H and O–H groups in total. The van der Waals surface area contributed by atoms with Gasteiger partial charge in [-0.2, -0.15) is 0 Å². The lowest BCUT2D eigenvalue weighted by Gasteiger charge is -2.24. The zero-order valence-corrected chi connectivity index (χ0v) is 8.71. The third-order valence-electron chi connectivity index (χ3n) is 2.98. The molecule has 1 unspecified atom stereocenters. The van der Waals surface area contributed by atoms with Crippen LogP contribution in [0, 0.1) is 0 Å². The molecular weight excluding hydrogens is 194 g/mol. The standard InChI is InChI=1S/C10H17N3O2/c14-9-8(4-2-6-12-9)13-10(15)7-3-1-5-11-7/h7-8,11H,1-6H2,(H,12,14)(H,13,15)/t7-,8?/m0/s1. The molecule has 2 heterocycles. The van der Waals surface area contributed by atoms with Crippen molar-refractivity contribution in [1.82, 2.24) is 16.0 Å². The molecule has 5 nitrogen and oxygen atoms in total. The van der Waals surface area contributed by atoms with Crippen LogP contribution in [0.5, 0.6) is 0 Å². The minimum atomic E-state index is -0.325. The molecule has 0 radical (unpaired) electrons. The maximum Gasteiger partial charge on any atom is 0.242 e. The van der Waals surface area contributed by atoms with E-state index in [0.717, 1.165) is 38.8 Å². The van der Waals surface area contributed by atoms with Gasteiger partial charge in [0.1, 0.15) is 6.04 Å². The summed E-state index contributed by atoms with van der Waals surface area (Å²) >= 11 is 0. The van der Waals surface area contributed by atoms with Crippen molar-refractivity contribution in [2.45, 2.75) is 37.8 Å². The van der Waals surface area contributed by atoms with Crippen molar-refractivity contribution in [2.24, 2.45) is 0 Å². The first-order valence-electron chi connectivity index (χ1n) is 5.59. The topological polar surface area (TPSA) is 70.2 Å². The quantitative estimate of drug-likeness (QED) is 0.556. The number of hydrogen-bond donors (Lipinski definition) is 3. The number of amides is 2. The molecule has 2 saturated heterocycles. The lowest BCUT2D eigenvalue weighted by molar-refractivity contribution is -0.130. The van der Waals surface area contributed by atoms with Crippen LogP contribution < -0.4 is 16.0 Å². The Labute approximate surface area is 89.0 Å². The zero-order chi connectivity index (χ0) is 10.7. The number of carbonyl (C=O) groups is 2. The summed E-state index contributed by atoms with van der Waals surface area (Å²) in [5, 5.41) is 8.67. The summed E-state index contributed by atoms with van der Waals surface area (Å²) in [4.78, 5) is 23.1. The maximum atomic E-state index is 11.7. The fourth-order valence-corrected chi connectivity index (χ4v) is 2.09. The SMILES string of the molecule is O=C1NCCCC1NC(=O)[C@@H]1CCCN1. The lowest BCUT2D eigenvalue weighted by atomic mass is 10.1. The molecule has 15 heavy (non-hydrogen) atoms. The smallest absolute Gasteiger partial charge is 0.242 e. The second kappa shape index (κ2) is 4.61. The number of rotatable bonds is 2. The molecule has 2 aliphatic heterocycles. The third-order valence-corrected chi connectivity index (χ3v) is 2.98. The minimum absolute atomic E-state index is 0.0328. The van der Waals surface area contributed by atoms with Gasteiger partial charge in [-0.1, -0.05) is 0 Å². The first kappa shape index (κ1) is 10.4. The fraction of sp³-hybridized carbons (Fsp3) is 0.800. The Kier molecular flexibility index (Phi) is 3.20. The van der Waals surface area contributed by atoms with Gasteiger partial charge in [0, 0.05) is 6.54 Å². The van der Waals surface area contributed by atoms with E-state index < -0.39 is 0 Å². The van der Waals surface area contributed by atoms with Crippen molar-refractivity contribution >= 4 is 11.8 Å². The average Bonchev–Trinajstić information content (AvgIpc) is 2.74. The predicted molar refractivity (Wildman–Crippen MR) is 55.2 cm³/mol. The predicted octanol–water partition coefficient (Wildman–Crippen LogP) is -0.867. The third kappa shape index (κ3) is 2.47. The molecule has 0 bridgehead atoms. The van der Waals surface area contributed by atoms with Crippen molar-refractivity contribution in [3.05, 3.63) is 0 Å². The van der Waals surface area contributed by atoms with Gasteiger partial charge in [0.25, 0.3) is 0 Å². The van der Waals surface area contributed by atoms with E-state index in [1.807, 2.05) is 0 Å². The Balaban J connectivity index is 1.84. The molecule has 5 heteroatoms. The number of carbonyl (C=O) groups excluding carboxylic acids is 2. The van der Waals surface area contributed by atoms with E-state index in [2.05, 4.69) is 16.0 Å². The summed E-state index contributed by atoms with van der Waals surface area (Å²) < 4.78 is 0. The Morgan fingerprint density at radius 3 is 2.73 bits per heavy atom. The van der Waals surface area contributed by atoms with Crippen LogP contribution in [-0.2, 0) is 9.59 Å². The monoisotopic (exact) mass is 211 g/mol.